The molecule has 1 atom stereocenters. The van der Waals surface area contributed by atoms with Crippen LogP contribution in [-0.4, -0.2) is 61.8 Å². The fourth-order valence-electron chi connectivity index (χ4n) is 8.58. The summed E-state index contributed by atoms with van der Waals surface area (Å²) < 4.78 is 32.1. The van der Waals surface area contributed by atoms with E-state index in [0.29, 0.717) is 6.17 Å². The zero-order valence-electron chi connectivity index (χ0n) is 74.6. The van der Waals surface area contributed by atoms with Crippen LogP contribution in [0, 0.1) is 118 Å². The van der Waals surface area contributed by atoms with Gasteiger partial charge in [0.15, 0.2) is 49.5 Å². The Hall–Kier alpha value is -11.7. The van der Waals surface area contributed by atoms with Crippen molar-refractivity contribution in [2.45, 2.75) is 131 Å². The molecule has 0 radical (unpaired) electrons. The first kappa shape index (κ1) is 99.4. The lowest BCUT2D eigenvalue weighted by Gasteiger charge is -2.14. The fourth-order valence-corrected chi connectivity index (χ4v) is 9.98. The molecule has 0 saturated carbocycles. The number of pyridine rings is 2. The average molecular weight is 1600 g/mol. The summed E-state index contributed by atoms with van der Waals surface area (Å²) in [5.41, 5.74) is 15.6. The summed E-state index contributed by atoms with van der Waals surface area (Å²) in [4.78, 5) is 26.1. The average Bonchev–Trinajstić information content (AvgIpc) is 1.68. The van der Waals surface area contributed by atoms with E-state index in [9.17, 15) is 0 Å². The van der Waals surface area contributed by atoms with E-state index < -0.39 is 0 Å². The molecular formula is C92H135N19O2S2+8. The second-order valence-corrected chi connectivity index (χ2v) is 29.7. The molecule has 1 aliphatic rings. The second-order valence-electron chi connectivity index (χ2n) is 27.5. The van der Waals surface area contributed by atoms with Crippen LogP contribution in [0.2, 0.25) is 0 Å². The highest BCUT2D eigenvalue weighted by molar-refractivity contribution is 7.10. The van der Waals surface area contributed by atoms with Crippen molar-refractivity contribution < 1.29 is 45.5 Å². The molecule has 1 aliphatic heterocycles. The Morgan fingerprint density at radius 2 is 1.08 bits per heavy atom. The van der Waals surface area contributed by atoms with Crippen molar-refractivity contribution in [2.75, 3.05) is 7.05 Å². The van der Waals surface area contributed by atoms with Crippen LogP contribution in [0.3, 0.4) is 0 Å². The van der Waals surface area contributed by atoms with Crippen LogP contribution in [0.15, 0.2) is 266 Å². The van der Waals surface area contributed by atoms with Crippen LogP contribution >= 0.6 is 22.7 Å². The number of nitrogens with zero attached hydrogens (tertiary/aromatic N) is 17. The van der Waals surface area contributed by atoms with Crippen LogP contribution in [0.1, 0.15) is 102 Å². The summed E-state index contributed by atoms with van der Waals surface area (Å²) in [5.74, 6) is 4.10. The normalized spacial score (nSPS) is 10.6. The number of fused-ring (bicyclic) bond motifs is 1. The fraction of sp³-hybridized carbons (Fsp3) is 0.337. The third kappa shape index (κ3) is 41.6. The largest absolute Gasteiger partial charge is 0.469 e. The van der Waals surface area contributed by atoms with E-state index in [1.54, 1.807) is 60.2 Å². The van der Waals surface area contributed by atoms with Crippen molar-refractivity contribution in [1.29, 1.82) is 0 Å². The van der Waals surface area contributed by atoms with Gasteiger partial charge < -0.3 is 28.2 Å². The molecule has 2 N–H and O–H groups in total. The number of nitrogens with one attached hydrogen (secondary N) is 2. The van der Waals surface area contributed by atoms with E-state index in [-0.39, 0.29) is 0 Å². The molecule has 13 aromatic heterocycles. The van der Waals surface area contributed by atoms with Crippen molar-refractivity contribution in [2.24, 2.45) is 77.5 Å². The SMILES string of the molecule is C[C@H]1NC=CN1C.Cc1[nH]cc[n+]1C.Cc1cccc2ccn(C)c12.Cc1cccc[n+]1C.Cc1ccccc1C.Cc1cccn1C.Cc1ccnc[n+]1C.Cc1ccncc1C.Cc1ccoc1C.Cc1ccsc1C.Cc1cncc[n+]1C.Cc1ncnc[n+]1C.Cc1occ[n+]1C.Cc1scc[n+]1C.Cn1ccc[n+]1C. The van der Waals surface area contributed by atoms with E-state index in [1.807, 2.05) is 281 Å². The van der Waals surface area contributed by atoms with Crippen molar-refractivity contribution in [1.82, 2.24) is 53.9 Å². The van der Waals surface area contributed by atoms with Gasteiger partial charge in [0, 0.05) is 128 Å². The molecule has 23 heteroatoms. The smallest absolute Gasteiger partial charge is 0.343 e. The number of aromatic nitrogens is 17. The molecule has 0 saturated heterocycles. The highest BCUT2D eigenvalue weighted by Crippen LogP contribution is 2.18. The van der Waals surface area contributed by atoms with Crippen LogP contribution in [0.25, 0.3) is 10.9 Å². The van der Waals surface area contributed by atoms with E-state index in [0.717, 1.165) is 17.5 Å². The maximum absolute atomic E-state index is 4.96. The van der Waals surface area contributed by atoms with E-state index in [1.165, 1.54) is 94.7 Å². The monoisotopic (exact) mass is 1600 g/mol. The molecule has 21 nitrogen and oxygen atoms in total. The molecule has 0 fully saturated rings. The number of aryl methyl sites for hydroxylation is 28. The van der Waals surface area contributed by atoms with Crippen molar-refractivity contribution >= 4 is 33.6 Å². The molecular weight excluding hydrogens is 1470 g/mol. The van der Waals surface area contributed by atoms with E-state index >= 15 is 0 Å². The molecule has 0 amide bonds. The Morgan fingerprint density at radius 3 is 1.37 bits per heavy atom. The third-order valence-corrected chi connectivity index (χ3v) is 20.4. The minimum Gasteiger partial charge on any atom is -0.469 e. The standard InChI is InChI=1S/C10H11N.C8H10.C7H9N.C7H10N.2C6H9N2.C6H9N.C6H8O.C6H8S.C5H8N3.C5H9N2.C5H10N2.C5H8N2.C5H8NO.C5H8NS/c1-8-4-3-5-9-6-7-11(2)10(8)9;1-7-5-3-4-6-8(7)2;1-6-3-4-8-5-7(6)2;1-7-5-3-4-6-8(7)2;1-6-5-7-3-4-8(6)2;1-6-3-4-7-5-8(6)2;1-6-4-3-5-7(6)2;2*1-5-3-4-7-6(5)2;1-5-7-3-6-4-8(5)2;1-6-4-3-5-7(6)2;2*1-5-6-3-4-7(5)2;2*1-5-6(2)3-4-7-5/h3-7H,1-2H3;3-6H,1-2H3;3-5H,1-2H3;3-6H,1-2H3;2*3-5H,1-2H3;3-5H,1-2H3;2*3-4H,1-2H3;3-4H,1-2H3;3-5H,1-2H3;3-6H,1-2H3;3*3-4H,1-2H3/q;;;3*+1;;;;2*+1;;;2*+1/p+1/t;;;;;;;;;;;5-;;;/m...........0.../s1. The maximum atomic E-state index is 4.96. The Bertz CT molecular complexity index is 4150. The minimum atomic E-state index is 0.486. The first-order valence-electron chi connectivity index (χ1n) is 38.0. The number of furan rings is 1. The van der Waals surface area contributed by atoms with Crippen LogP contribution in [0.4, 0.5) is 0 Å². The molecule has 14 heterocycles. The number of hydrogen-bond donors (Lipinski definition) is 2. The summed E-state index contributed by atoms with van der Waals surface area (Å²) in [6.07, 6.45) is 41.8. The van der Waals surface area contributed by atoms with Gasteiger partial charge in [-0.2, -0.15) is 13.8 Å². The quantitative estimate of drug-likeness (QED) is 0.140. The van der Waals surface area contributed by atoms with Gasteiger partial charge in [-0.25, -0.2) is 27.8 Å². The number of hydrogen-bond acceptors (Lipinski definition) is 11. The first-order valence-corrected chi connectivity index (χ1v) is 39.8. The first-order chi connectivity index (χ1) is 54.6. The number of aromatic amines is 1. The number of H-pyrrole nitrogens is 1. The molecule has 2 aromatic carbocycles. The number of thiazole rings is 1. The van der Waals surface area contributed by atoms with Crippen molar-refractivity contribution in [3.05, 3.63) is 352 Å². The molecule has 16 rings (SSSR count). The summed E-state index contributed by atoms with van der Waals surface area (Å²) in [7, 11) is 24.1. The zero-order valence-corrected chi connectivity index (χ0v) is 76.2. The zero-order chi connectivity index (χ0) is 86.0. The summed E-state index contributed by atoms with van der Waals surface area (Å²) in [6.45, 7) is 37.1. The van der Waals surface area contributed by atoms with Crippen molar-refractivity contribution in [3.63, 3.8) is 0 Å². The van der Waals surface area contributed by atoms with Gasteiger partial charge in [0.1, 0.15) is 58.2 Å². The van der Waals surface area contributed by atoms with Crippen LogP contribution in [-0.2, 0) is 77.5 Å². The van der Waals surface area contributed by atoms with Gasteiger partial charge >= 0.3 is 5.89 Å². The summed E-state index contributed by atoms with van der Waals surface area (Å²) in [6, 6.07) is 37.2. The molecule has 0 unspecified atom stereocenters. The molecule has 0 spiro atoms. The van der Waals surface area contributed by atoms with E-state index in [2.05, 4.69) is 231 Å². The van der Waals surface area contributed by atoms with Gasteiger partial charge in [-0.1, -0.05) is 74.8 Å². The predicted molar refractivity (Wildman–Crippen MR) is 468 cm³/mol. The number of benzene rings is 2. The highest BCUT2D eigenvalue weighted by atomic mass is 32.1. The Labute approximate surface area is 695 Å². The van der Waals surface area contributed by atoms with Crippen LogP contribution < -0.4 is 42.0 Å². The molecule has 15 aromatic rings. The van der Waals surface area contributed by atoms with Gasteiger partial charge in [0.25, 0.3) is 18.5 Å². The summed E-state index contributed by atoms with van der Waals surface area (Å²) >= 11 is 3.57. The Morgan fingerprint density at radius 1 is 0.435 bits per heavy atom. The lowest BCUT2D eigenvalue weighted by molar-refractivity contribution is -0.751. The number of oxazole rings is 1. The molecule has 115 heavy (non-hydrogen) atoms. The predicted octanol–water partition coefficient (Wildman–Crippen LogP) is 14.6. The highest BCUT2D eigenvalue weighted by Gasteiger charge is 2.06. The molecule has 0 bridgehead atoms. The number of rotatable bonds is 0. The molecule has 0 aliphatic carbocycles. The number of para-hydroxylation sites is 1. The topological polar surface area (TPSA) is 168 Å². The van der Waals surface area contributed by atoms with Gasteiger partial charge in [-0.3, -0.25) is 9.97 Å². The Kier molecular flexibility index (Phi) is 48.1. The van der Waals surface area contributed by atoms with Gasteiger partial charge in [-0.15, -0.1) is 16.0 Å². The second kappa shape index (κ2) is 55.7. The third-order valence-electron chi connectivity index (χ3n) is 18.6. The number of imidazole rings is 1. The lowest BCUT2D eigenvalue weighted by atomic mass is 10.1. The Balaban J connectivity index is 0.000000419. The van der Waals surface area contributed by atoms with Crippen LogP contribution in [0.5, 0.6) is 0 Å². The van der Waals surface area contributed by atoms with E-state index in [4.69, 9.17) is 8.83 Å². The van der Waals surface area contributed by atoms with Gasteiger partial charge in [-0.05, 0) is 169 Å². The van der Waals surface area contributed by atoms with Gasteiger partial charge in [0.2, 0.25) is 23.4 Å². The molecule has 614 valence electrons. The number of thiophene rings is 1. The minimum absolute atomic E-state index is 0.486. The van der Waals surface area contributed by atoms with Gasteiger partial charge in [0.05, 0.1) is 77.0 Å². The summed E-state index contributed by atoms with van der Waals surface area (Å²) in [5, 5.41) is 9.98. The van der Waals surface area contributed by atoms with Crippen molar-refractivity contribution in [3.8, 4) is 0 Å². The maximum Gasteiger partial charge on any atom is 0.343 e. The lowest BCUT2D eigenvalue weighted by Crippen LogP contribution is -2.35.